The van der Waals surface area contributed by atoms with E-state index in [1.165, 1.54) is 0 Å². The van der Waals surface area contributed by atoms with Gasteiger partial charge < -0.3 is 16.6 Å². The highest BCUT2D eigenvalue weighted by atomic mass is 16.4. The van der Waals surface area contributed by atoms with Crippen LogP contribution in [-0.2, 0) is 4.79 Å². The lowest BCUT2D eigenvalue weighted by Gasteiger charge is -2.37. The molecule has 1 aliphatic rings. The molecule has 5 N–H and O–H groups in total. The SMILES string of the molecule is NC1(N)CCCCC1CC(=O)O. The fourth-order valence-electron chi connectivity index (χ4n) is 1.80. The molecule has 1 saturated carbocycles. The molecule has 12 heavy (non-hydrogen) atoms. The van der Waals surface area contributed by atoms with Crippen LogP contribution in [0, 0.1) is 5.92 Å². The van der Waals surface area contributed by atoms with Crippen LogP contribution in [0.5, 0.6) is 0 Å². The van der Waals surface area contributed by atoms with Gasteiger partial charge in [0.15, 0.2) is 0 Å². The van der Waals surface area contributed by atoms with Crippen molar-refractivity contribution in [3.05, 3.63) is 0 Å². The smallest absolute Gasteiger partial charge is 0.303 e. The molecule has 0 aromatic heterocycles. The van der Waals surface area contributed by atoms with Gasteiger partial charge in [-0.3, -0.25) is 4.79 Å². The van der Waals surface area contributed by atoms with Crippen molar-refractivity contribution < 1.29 is 9.90 Å². The number of rotatable bonds is 2. The van der Waals surface area contributed by atoms with Crippen molar-refractivity contribution in [1.82, 2.24) is 0 Å². The van der Waals surface area contributed by atoms with E-state index in [0.717, 1.165) is 25.7 Å². The first-order valence-corrected chi connectivity index (χ1v) is 4.32. The zero-order valence-corrected chi connectivity index (χ0v) is 7.12. The van der Waals surface area contributed by atoms with Crippen molar-refractivity contribution >= 4 is 5.97 Å². The fourth-order valence-corrected chi connectivity index (χ4v) is 1.80. The molecular weight excluding hydrogens is 156 g/mol. The largest absolute Gasteiger partial charge is 0.481 e. The molecular formula is C8H16N2O2. The molecule has 0 aromatic rings. The highest BCUT2D eigenvalue weighted by molar-refractivity contribution is 5.67. The monoisotopic (exact) mass is 172 g/mol. The van der Waals surface area contributed by atoms with Gasteiger partial charge in [0.05, 0.1) is 12.1 Å². The lowest BCUT2D eigenvalue weighted by Crippen LogP contribution is -2.57. The first kappa shape index (κ1) is 9.48. The van der Waals surface area contributed by atoms with Crippen LogP contribution in [0.4, 0.5) is 0 Å². The summed E-state index contributed by atoms with van der Waals surface area (Å²) in [4.78, 5) is 10.4. The Bertz CT molecular complexity index is 180. The summed E-state index contributed by atoms with van der Waals surface area (Å²) >= 11 is 0. The molecule has 1 aliphatic carbocycles. The van der Waals surface area contributed by atoms with Gasteiger partial charge in [-0.2, -0.15) is 0 Å². The predicted octanol–water partition coefficient (Wildman–Crippen LogP) is 0.265. The van der Waals surface area contributed by atoms with Crippen LogP contribution < -0.4 is 11.5 Å². The summed E-state index contributed by atoms with van der Waals surface area (Å²) in [5.74, 6) is -0.856. The Balaban J connectivity index is 2.54. The maximum absolute atomic E-state index is 10.4. The van der Waals surface area contributed by atoms with Crippen LogP contribution >= 0.6 is 0 Å². The van der Waals surface area contributed by atoms with Crippen LogP contribution in [0.15, 0.2) is 0 Å². The van der Waals surface area contributed by atoms with Gasteiger partial charge in [0.2, 0.25) is 0 Å². The Hall–Kier alpha value is -0.610. The Kier molecular flexibility index (Phi) is 2.69. The number of carboxylic acid groups (broad SMARTS) is 1. The molecule has 1 atom stereocenters. The molecule has 1 rings (SSSR count). The Morgan fingerprint density at radius 1 is 1.50 bits per heavy atom. The molecule has 4 heteroatoms. The van der Waals surface area contributed by atoms with Crippen molar-refractivity contribution in [1.29, 1.82) is 0 Å². The van der Waals surface area contributed by atoms with E-state index < -0.39 is 11.6 Å². The zero-order valence-electron chi connectivity index (χ0n) is 7.12. The van der Waals surface area contributed by atoms with Crippen LogP contribution in [0.2, 0.25) is 0 Å². The highest BCUT2D eigenvalue weighted by Gasteiger charge is 2.34. The molecule has 0 aromatic carbocycles. The Morgan fingerprint density at radius 2 is 2.17 bits per heavy atom. The second kappa shape index (κ2) is 3.41. The molecule has 1 unspecified atom stereocenters. The molecule has 0 heterocycles. The molecule has 0 aliphatic heterocycles. The molecule has 70 valence electrons. The van der Waals surface area contributed by atoms with Gasteiger partial charge >= 0.3 is 5.97 Å². The van der Waals surface area contributed by atoms with Crippen LogP contribution in [0.1, 0.15) is 32.1 Å². The first-order chi connectivity index (χ1) is 5.52. The second-order valence-electron chi connectivity index (χ2n) is 3.65. The minimum atomic E-state index is -0.804. The topological polar surface area (TPSA) is 89.3 Å². The van der Waals surface area contributed by atoms with E-state index in [4.69, 9.17) is 16.6 Å². The molecule has 0 spiro atoms. The summed E-state index contributed by atoms with van der Waals surface area (Å²) in [5.41, 5.74) is 10.8. The highest BCUT2D eigenvalue weighted by Crippen LogP contribution is 2.30. The summed E-state index contributed by atoms with van der Waals surface area (Å²) in [6.45, 7) is 0. The van der Waals surface area contributed by atoms with E-state index in [-0.39, 0.29) is 12.3 Å². The zero-order chi connectivity index (χ0) is 9.19. The lowest BCUT2D eigenvalue weighted by atomic mass is 9.78. The van der Waals surface area contributed by atoms with Crippen LogP contribution in [-0.4, -0.2) is 16.7 Å². The molecule has 0 bridgehead atoms. The summed E-state index contributed by atoms with van der Waals surface area (Å²) < 4.78 is 0. The third-order valence-corrected chi connectivity index (χ3v) is 2.59. The van der Waals surface area contributed by atoms with Crippen LogP contribution in [0.3, 0.4) is 0 Å². The van der Waals surface area contributed by atoms with Crippen molar-refractivity contribution in [3.8, 4) is 0 Å². The van der Waals surface area contributed by atoms with Gasteiger partial charge in [-0.05, 0) is 12.8 Å². The number of carboxylic acids is 1. The average molecular weight is 172 g/mol. The Labute approximate surface area is 71.9 Å². The first-order valence-electron chi connectivity index (χ1n) is 4.32. The quantitative estimate of drug-likeness (QED) is 0.521. The summed E-state index contributed by atoms with van der Waals surface area (Å²) in [7, 11) is 0. The normalized spacial score (nSPS) is 28.3. The van der Waals surface area contributed by atoms with E-state index >= 15 is 0 Å². The van der Waals surface area contributed by atoms with Gasteiger partial charge in [-0.25, -0.2) is 0 Å². The second-order valence-corrected chi connectivity index (χ2v) is 3.65. The van der Waals surface area contributed by atoms with Gasteiger partial charge in [-0.1, -0.05) is 12.8 Å². The van der Waals surface area contributed by atoms with E-state index in [2.05, 4.69) is 0 Å². The van der Waals surface area contributed by atoms with Gasteiger partial charge in [0.25, 0.3) is 0 Å². The number of aliphatic carboxylic acids is 1. The molecule has 1 fully saturated rings. The molecule has 4 nitrogen and oxygen atoms in total. The van der Waals surface area contributed by atoms with Crippen LogP contribution in [0.25, 0.3) is 0 Å². The number of hydrogen-bond donors (Lipinski definition) is 3. The number of nitrogens with two attached hydrogens (primary N) is 2. The fraction of sp³-hybridized carbons (Fsp3) is 0.875. The van der Waals surface area contributed by atoms with E-state index in [9.17, 15) is 4.79 Å². The minimum Gasteiger partial charge on any atom is -0.481 e. The van der Waals surface area contributed by atoms with Gasteiger partial charge in [-0.15, -0.1) is 0 Å². The maximum Gasteiger partial charge on any atom is 0.303 e. The summed E-state index contributed by atoms with van der Waals surface area (Å²) in [6.07, 6.45) is 3.76. The Morgan fingerprint density at radius 3 is 2.67 bits per heavy atom. The van der Waals surface area contributed by atoms with Crippen molar-refractivity contribution in [2.24, 2.45) is 17.4 Å². The minimum absolute atomic E-state index is 0.0521. The summed E-state index contributed by atoms with van der Waals surface area (Å²) in [5, 5.41) is 8.59. The lowest BCUT2D eigenvalue weighted by molar-refractivity contribution is -0.139. The molecule has 0 amide bonds. The van der Waals surface area contributed by atoms with E-state index in [1.807, 2.05) is 0 Å². The third kappa shape index (κ3) is 2.19. The average Bonchev–Trinajstić information content (AvgIpc) is 1.92. The molecule has 0 radical (unpaired) electrons. The third-order valence-electron chi connectivity index (χ3n) is 2.59. The maximum atomic E-state index is 10.4. The standard InChI is InChI=1S/C8H16N2O2/c9-8(10)4-2-1-3-6(8)5-7(11)12/h6H,1-5,9-10H2,(H,11,12). The summed E-state index contributed by atoms with van der Waals surface area (Å²) in [6, 6.07) is 0. The van der Waals surface area contributed by atoms with Crippen molar-refractivity contribution in [3.63, 3.8) is 0 Å². The van der Waals surface area contributed by atoms with Gasteiger partial charge in [0, 0.05) is 5.92 Å². The van der Waals surface area contributed by atoms with Crippen molar-refractivity contribution in [2.75, 3.05) is 0 Å². The van der Waals surface area contributed by atoms with E-state index in [0.29, 0.717) is 0 Å². The van der Waals surface area contributed by atoms with Crippen molar-refractivity contribution in [2.45, 2.75) is 37.8 Å². The molecule has 0 saturated heterocycles. The number of hydrogen-bond acceptors (Lipinski definition) is 3. The predicted molar refractivity (Wildman–Crippen MR) is 45.3 cm³/mol. The van der Waals surface area contributed by atoms with Gasteiger partial charge in [0.1, 0.15) is 0 Å². The number of carbonyl (C=O) groups is 1. The van der Waals surface area contributed by atoms with E-state index in [1.54, 1.807) is 0 Å².